The van der Waals surface area contributed by atoms with E-state index in [0.29, 0.717) is 24.7 Å². The molecule has 0 spiro atoms. The average Bonchev–Trinajstić information content (AvgIpc) is 3.04. The minimum Gasteiger partial charge on any atom is -0.486 e. The van der Waals surface area contributed by atoms with Gasteiger partial charge in [0.05, 0.1) is 5.75 Å². The largest absolute Gasteiger partial charge is 0.486 e. The second-order valence-corrected chi connectivity index (χ2v) is 7.01. The number of para-hydroxylation sites is 1. The highest BCUT2D eigenvalue weighted by molar-refractivity contribution is 8.00. The molecule has 1 aliphatic heterocycles. The molecule has 0 saturated carbocycles. The zero-order chi connectivity index (χ0) is 17.9. The van der Waals surface area contributed by atoms with Gasteiger partial charge >= 0.3 is 0 Å². The number of nitrogens with zero attached hydrogens (tertiary/aromatic N) is 1. The van der Waals surface area contributed by atoms with Gasteiger partial charge in [0.15, 0.2) is 11.5 Å². The maximum absolute atomic E-state index is 12.4. The van der Waals surface area contributed by atoms with Gasteiger partial charge in [0, 0.05) is 40.3 Å². The van der Waals surface area contributed by atoms with Gasteiger partial charge < -0.3 is 19.4 Å². The van der Waals surface area contributed by atoms with Crippen LogP contribution in [0.25, 0.3) is 10.9 Å². The van der Waals surface area contributed by atoms with Crippen LogP contribution < -0.4 is 14.8 Å². The molecule has 0 radical (unpaired) electrons. The van der Waals surface area contributed by atoms with Crippen molar-refractivity contribution in [2.45, 2.75) is 18.4 Å². The molecule has 5 nitrogen and oxygen atoms in total. The number of amides is 1. The summed E-state index contributed by atoms with van der Waals surface area (Å²) in [6.07, 6.45) is 2.12. The minimum absolute atomic E-state index is 0.0417. The Morgan fingerprint density at radius 2 is 1.96 bits per heavy atom. The number of rotatable bonds is 5. The highest BCUT2D eigenvalue weighted by Gasteiger charge is 2.14. The lowest BCUT2D eigenvalue weighted by atomic mass is 10.2. The van der Waals surface area contributed by atoms with E-state index in [-0.39, 0.29) is 5.91 Å². The van der Waals surface area contributed by atoms with Gasteiger partial charge in [-0.2, -0.15) is 0 Å². The first kappa shape index (κ1) is 16.8. The summed E-state index contributed by atoms with van der Waals surface area (Å²) in [7, 11) is 0. The molecule has 26 heavy (non-hydrogen) atoms. The molecule has 0 fully saturated rings. The average molecular weight is 368 g/mol. The Kier molecular flexibility index (Phi) is 4.75. The summed E-state index contributed by atoms with van der Waals surface area (Å²) in [5.41, 5.74) is 1.92. The van der Waals surface area contributed by atoms with Gasteiger partial charge in [-0.15, -0.1) is 11.8 Å². The van der Waals surface area contributed by atoms with Crippen LogP contribution >= 0.6 is 11.8 Å². The minimum atomic E-state index is -0.0417. The standard InChI is InChI=1S/C20H20N2O3S/c1-2-22-12-19(15-5-3-4-6-16(15)22)26-13-20(23)21-14-7-8-17-18(11-14)25-10-9-24-17/h3-8,11-12H,2,9-10,13H2,1H3,(H,21,23). The second kappa shape index (κ2) is 7.33. The zero-order valence-electron chi connectivity index (χ0n) is 14.5. The number of fused-ring (bicyclic) bond motifs is 2. The molecule has 6 heteroatoms. The van der Waals surface area contributed by atoms with Crippen molar-refractivity contribution in [2.24, 2.45) is 0 Å². The lowest BCUT2D eigenvalue weighted by Crippen LogP contribution is -2.17. The number of aryl methyl sites for hydroxylation is 1. The number of thioether (sulfide) groups is 1. The molecule has 2 heterocycles. The summed E-state index contributed by atoms with van der Waals surface area (Å²) in [5.74, 6) is 1.70. The maximum Gasteiger partial charge on any atom is 0.234 e. The summed E-state index contributed by atoms with van der Waals surface area (Å²) >= 11 is 1.55. The van der Waals surface area contributed by atoms with Crippen LogP contribution in [0.3, 0.4) is 0 Å². The summed E-state index contributed by atoms with van der Waals surface area (Å²) in [5, 5.41) is 4.12. The Balaban J connectivity index is 1.43. The number of aromatic nitrogens is 1. The van der Waals surface area contributed by atoms with E-state index in [4.69, 9.17) is 9.47 Å². The highest BCUT2D eigenvalue weighted by atomic mass is 32.2. The molecule has 1 N–H and O–H groups in total. The SMILES string of the molecule is CCn1cc(SCC(=O)Nc2ccc3c(c2)OCCO3)c2ccccc21. The highest BCUT2D eigenvalue weighted by Crippen LogP contribution is 2.33. The third-order valence-corrected chi connectivity index (χ3v) is 5.32. The quantitative estimate of drug-likeness (QED) is 0.687. The summed E-state index contributed by atoms with van der Waals surface area (Å²) in [4.78, 5) is 13.5. The van der Waals surface area contributed by atoms with Crippen LogP contribution in [-0.2, 0) is 11.3 Å². The predicted octanol–water partition coefficient (Wildman–Crippen LogP) is 4.16. The molecular formula is C20H20N2O3S. The van der Waals surface area contributed by atoms with Gasteiger partial charge in [-0.05, 0) is 25.1 Å². The lowest BCUT2D eigenvalue weighted by Gasteiger charge is -2.19. The molecule has 0 bridgehead atoms. The first-order chi connectivity index (χ1) is 12.7. The molecule has 1 amide bonds. The molecule has 1 aliphatic rings. The van der Waals surface area contributed by atoms with Crippen LogP contribution in [0.15, 0.2) is 53.6 Å². The molecule has 4 rings (SSSR count). The second-order valence-electron chi connectivity index (χ2n) is 5.99. The maximum atomic E-state index is 12.4. The Morgan fingerprint density at radius 1 is 1.15 bits per heavy atom. The summed E-state index contributed by atoms with van der Waals surface area (Å²) in [6, 6.07) is 13.7. The molecule has 0 atom stereocenters. The van der Waals surface area contributed by atoms with E-state index in [1.807, 2.05) is 24.3 Å². The predicted molar refractivity (Wildman–Crippen MR) is 104 cm³/mol. The van der Waals surface area contributed by atoms with Crippen molar-refractivity contribution in [3.8, 4) is 11.5 Å². The van der Waals surface area contributed by atoms with Crippen LogP contribution in [0, 0.1) is 0 Å². The molecule has 0 unspecified atom stereocenters. The van der Waals surface area contributed by atoms with Crippen molar-refractivity contribution in [1.29, 1.82) is 0 Å². The van der Waals surface area contributed by atoms with Gasteiger partial charge in [-0.3, -0.25) is 4.79 Å². The van der Waals surface area contributed by atoms with Gasteiger partial charge in [0.1, 0.15) is 13.2 Å². The van der Waals surface area contributed by atoms with Crippen molar-refractivity contribution in [3.05, 3.63) is 48.7 Å². The van der Waals surface area contributed by atoms with E-state index in [2.05, 4.69) is 35.1 Å². The van der Waals surface area contributed by atoms with Crippen molar-refractivity contribution in [3.63, 3.8) is 0 Å². The zero-order valence-corrected chi connectivity index (χ0v) is 15.3. The van der Waals surface area contributed by atoms with Gasteiger partial charge in [-0.1, -0.05) is 18.2 Å². The number of carbonyl (C=O) groups is 1. The molecule has 2 aromatic carbocycles. The number of anilines is 1. The van der Waals surface area contributed by atoms with Crippen molar-refractivity contribution in [1.82, 2.24) is 4.57 Å². The summed E-state index contributed by atoms with van der Waals surface area (Å²) < 4.78 is 13.3. The molecule has 0 aliphatic carbocycles. The Morgan fingerprint density at radius 3 is 2.81 bits per heavy atom. The third-order valence-electron chi connectivity index (χ3n) is 4.28. The number of benzene rings is 2. The topological polar surface area (TPSA) is 52.5 Å². The Labute approximate surface area is 156 Å². The van der Waals surface area contributed by atoms with E-state index in [0.717, 1.165) is 22.9 Å². The first-order valence-electron chi connectivity index (χ1n) is 8.65. The normalized spacial score (nSPS) is 13.0. The van der Waals surface area contributed by atoms with Gasteiger partial charge in [-0.25, -0.2) is 0 Å². The number of nitrogens with one attached hydrogen (secondary N) is 1. The number of ether oxygens (including phenoxy) is 2. The van der Waals surface area contributed by atoms with Crippen LogP contribution in [-0.4, -0.2) is 29.4 Å². The fourth-order valence-electron chi connectivity index (χ4n) is 3.05. The van der Waals surface area contributed by atoms with E-state index < -0.39 is 0 Å². The smallest absolute Gasteiger partial charge is 0.234 e. The van der Waals surface area contributed by atoms with Crippen molar-refractivity contribution in [2.75, 3.05) is 24.3 Å². The van der Waals surface area contributed by atoms with Crippen LogP contribution in [0.1, 0.15) is 6.92 Å². The summed E-state index contributed by atoms with van der Waals surface area (Å²) in [6.45, 7) is 4.11. The number of hydrogen-bond acceptors (Lipinski definition) is 4. The third kappa shape index (κ3) is 3.37. The van der Waals surface area contributed by atoms with Gasteiger partial charge in [0.25, 0.3) is 0 Å². The first-order valence-corrected chi connectivity index (χ1v) is 9.63. The van der Waals surface area contributed by atoms with E-state index in [1.165, 1.54) is 10.9 Å². The number of hydrogen-bond donors (Lipinski definition) is 1. The molecular weight excluding hydrogens is 348 g/mol. The molecule has 134 valence electrons. The van der Waals surface area contributed by atoms with Gasteiger partial charge in [0.2, 0.25) is 5.91 Å². The van der Waals surface area contributed by atoms with E-state index in [9.17, 15) is 4.79 Å². The fourth-order valence-corrected chi connectivity index (χ4v) is 3.94. The van der Waals surface area contributed by atoms with Crippen molar-refractivity contribution < 1.29 is 14.3 Å². The van der Waals surface area contributed by atoms with Crippen LogP contribution in [0.5, 0.6) is 11.5 Å². The van der Waals surface area contributed by atoms with Crippen LogP contribution in [0.4, 0.5) is 5.69 Å². The molecule has 0 saturated heterocycles. The number of carbonyl (C=O) groups excluding carboxylic acids is 1. The van der Waals surface area contributed by atoms with Crippen LogP contribution in [0.2, 0.25) is 0 Å². The van der Waals surface area contributed by atoms with E-state index in [1.54, 1.807) is 17.8 Å². The molecule has 3 aromatic rings. The molecule has 1 aromatic heterocycles. The Bertz CT molecular complexity index is 951. The monoisotopic (exact) mass is 368 g/mol. The Hall–Kier alpha value is -2.60. The van der Waals surface area contributed by atoms with Crippen molar-refractivity contribution >= 4 is 34.3 Å². The van der Waals surface area contributed by atoms with E-state index >= 15 is 0 Å². The lowest BCUT2D eigenvalue weighted by molar-refractivity contribution is -0.113. The fraction of sp³-hybridized carbons (Fsp3) is 0.250.